The van der Waals surface area contributed by atoms with Crippen molar-refractivity contribution in [2.45, 2.75) is 45.1 Å². The Hall–Kier alpha value is -0.480. The summed E-state index contributed by atoms with van der Waals surface area (Å²) >= 11 is 0. The largest absolute Gasteiger partial charge is 0.291 e. The van der Waals surface area contributed by atoms with Gasteiger partial charge in [0.15, 0.2) is 0 Å². The van der Waals surface area contributed by atoms with E-state index >= 15 is 0 Å². The van der Waals surface area contributed by atoms with Gasteiger partial charge < -0.3 is 0 Å². The fraction of sp³-hybridized carbons (Fsp3) is 0.833. The summed E-state index contributed by atoms with van der Waals surface area (Å²) in [4.78, 5) is 2.31. The third-order valence-corrected chi connectivity index (χ3v) is 3.31. The Morgan fingerprint density at radius 2 is 1.92 bits per heavy atom. The summed E-state index contributed by atoms with van der Waals surface area (Å²) in [5.74, 6) is 3.73. The minimum atomic E-state index is -0.0808. The molecule has 0 amide bonds. The zero-order valence-corrected chi connectivity index (χ0v) is 9.14. The highest BCUT2D eigenvalue weighted by Gasteiger charge is 2.24. The van der Waals surface area contributed by atoms with Crippen molar-refractivity contribution in [3.05, 3.63) is 0 Å². The van der Waals surface area contributed by atoms with Crippen LogP contribution >= 0.6 is 0 Å². The second-order valence-corrected chi connectivity index (χ2v) is 4.73. The quantitative estimate of drug-likeness (QED) is 0.602. The third-order valence-electron chi connectivity index (χ3n) is 3.31. The van der Waals surface area contributed by atoms with Gasteiger partial charge in [0.05, 0.1) is 5.54 Å². The maximum absolute atomic E-state index is 5.49. The molecule has 74 valence electrons. The van der Waals surface area contributed by atoms with Gasteiger partial charge in [-0.3, -0.25) is 4.90 Å². The van der Waals surface area contributed by atoms with E-state index in [-0.39, 0.29) is 5.54 Å². The monoisotopic (exact) mass is 179 g/mol. The predicted octanol–water partition coefficient (Wildman–Crippen LogP) is 2.52. The van der Waals surface area contributed by atoms with Gasteiger partial charge >= 0.3 is 0 Å². The summed E-state index contributed by atoms with van der Waals surface area (Å²) in [5.41, 5.74) is -0.0808. The number of terminal acetylenes is 1. The molecule has 0 atom stereocenters. The lowest BCUT2D eigenvalue weighted by molar-refractivity contribution is 0.182. The molecule has 0 spiro atoms. The van der Waals surface area contributed by atoms with E-state index in [0.717, 1.165) is 12.5 Å². The van der Waals surface area contributed by atoms with E-state index in [1.54, 1.807) is 0 Å². The lowest BCUT2D eigenvalue weighted by atomic mass is 10.0. The maximum atomic E-state index is 5.49. The molecule has 0 heterocycles. The fourth-order valence-electron chi connectivity index (χ4n) is 1.92. The highest BCUT2D eigenvalue weighted by atomic mass is 15.2. The van der Waals surface area contributed by atoms with Crippen LogP contribution in [0.1, 0.15) is 39.5 Å². The minimum Gasteiger partial charge on any atom is -0.291 e. The van der Waals surface area contributed by atoms with Crippen LogP contribution in [0.3, 0.4) is 0 Å². The zero-order valence-electron chi connectivity index (χ0n) is 9.14. The van der Waals surface area contributed by atoms with Gasteiger partial charge in [-0.25, -0.2) is 0 Å². The smallest absolute Gasteiger partial charge is 0.0763 e. The molecule has 1 aliphatic rings. The Balaban J connectivity index is 2.40. The van der Waals surface area contributed by atoms with Crippen molar-refractivity contribution in [2.75, 3.05) is 13.6 Å². The van der Waals surface area contributed by atoms with Crippen LogP contribution in [0.25, 0.3) is 0 Å². The highest BCUT2D eigenvalue weighted by Crippen LogP contribution is 2.26. The Kier molecular flexibility index (Phi) is 3.39. The second-order valence-electron chi connectivity index (χ2n) is 4.73. The number of hydrogen-bond donors (Lipinski definition) is 0. The molecule has 0 unspecified atom stereocenters. The summed E-state index contributed by atoms with van der Waals surface area (Å²) in [6, 6.07) is 0. The molecule has 1 heteroatoms. The lowest BCUT2D eigenvalue weighted by Crippen LogP contribution is -2.42. The van der Waals surface area contributed by atoms with Gasteiger partial charge in [-0.15, -0.1) is 6.42 Å². The van der Waals surface area contributed by atoms with Crippen molar-refractivity contribution in [3.8, 4) is 12.3 Å². The molecule has 0 aromatic heterocycles. The Morgan fingerprint density at radius 3 is 2.38 bits per heavy atom. The van der Waals surface area contributed by atoms with Crippen LogP contribution < -0.4 is 0 Å². The summed E-state index contributed by atoms with van der Waals surface area (Å²) < 4.78 is 0. The fourth-order valence-corrected chi connectivity index (χ4v) is 1.92. The first-order valence-electron chi connectivity index (χ1n) is 5.25. The van der Waals surface area contributed by atoms with Crippen LogP contribution in [-0.4, -0.2) is 24.0 Å². The number of rotatable bonds is 3. The van der Waals surface area contributed by atoms with E-state index in [0.29, 0.717) is 0 Å². The van der Waals surface area contributed by atoms with Crippen LogP contribution in [0.2, 0.25) is 0 Å². The second kappa shape index (κ2) is 4.15. The van der Waals surface area contributed by atoms with Gasteiger partial charge in [0.25, 0.3) is 0 Å². The van der Waals surface area contributed by atoms with Crippen molar-refractivity contribution in [1.82, 2.24) is 4.90 Å². The molecule has 0 saturated heterocycles. The van der Waals surface area contributed by atoms with Gasteiger partial charge in [-0.1, -0.05) is 18.8 Å². The van der Waals surface area contributed by atoms with Crippen LogP contribution in [0, 0.1) is 18.3 Å². The van der Waals surface area contributed by atoms with Crippen molar-refractivity contribution in [2.24, 2.45) is 5.92 Å². The standard InChI is InChI=1S/C12H21N/c1-5-12(2,3)13(4)10-11-8-6-7-9-11/h1,11H,6-10H2,2-4H3. The summed E-state index contributed by atoms with van der Waals surface area (Å²) in [6.07, 6.45) is 11.1. The highest BCUT2D eigenvalue weighted by molar-refractivity contribution is 5.08. The van der Waals surface area contributed by atoms with Crippen LogP contribution in [0.15, 0.2) is 0 Å². The van der Waals surface area contributed by atoms with Crippen molar-refractivity contribution in [1.29, 1.82) is 0 Å². The van der Waals surface area contributed by atoms with Gasteiger partial charge in [0.1, 0.15) is 0 Å². The van der Waals surface area contributed by atoms with Crippen molar-refractivity contribution < 1.29 is 0 Å². The van der Waals surface area contributed by atoms with Gasteiger partial charge in [-0.2, -0.15) is 0 Å². The van der Waals surface area contributed by atoms with Gasteiger partial charge in [0, 0.05) is 6.54 Å². The first-order valence-corrected chi connectivity index (χ1v) is 5.25. The molecule has 0 aliphatic heterocycles. The first-order chi connectivity index (χ1) is 6.06. The molecule has 0 bridgehead atoms. The molecule has 0 N–H and O–H groups in total. The van der Waals surface area contributed by atoms with Crippen LogP contribution in [-0.2, 0) is 0 Å². The number of nitrogens with zero attached hydrogens (tertiary/aromatic N) is 1. The average molecular weight is 179 g/mol. The minimum absolute atomic E-state index is 0.0808. The van der Waals surface area contributed by atoms with Gasteiger partial charge in [-0.05, 0) is 39.7 Å². The van der Waals surface area contributed by atoms with Crippen LogP contribution in [0.4, 0.5) is 0 Å². The molecular weight excluding hydrogens is 158 g/mol. The normalized spacial score (nSPS) is 19.3. The van der Waals surface area contributed by atoms with E-state index < -0.39 is 0 Å². The van der Waals surface area contributed by atoms with Crippen molar-refractivity contribution >= 4 is 0 Å². The number of hydrogen-bond acceptors (Lipinski definition) is 1. The van der Waals surface area contributed by atoms with E-state index in [1.807, 2.05) is 0 Å². The lowest BCUT2D eigenvalue weighted by Gasteiger charge is -2.32. The van der Waals surface area contributed by atoms with Crippen LogP contribution in [0.5, 0.6) is 0 Å². The molecule has 1 saturated carbocycles. The predicted molar refractivity (Wildman–Crippen MR) is 57.5 cm³/mol. The van der Waals surface area contributed by atoms with E-state index in [2.05, 4.69) is 31.7 Å². The topological polar surface area (TPSA) is 3.24 Å². The first kappa shape index (κ1) is 10.6. The molecule has 1 rings (SSSR count). The van der Waals surface area contributed by atoms with E-state index in [4.69, 9.17) is 6.42 Å². The molecular formula is C12H21N. The zero-order chi connectivity index (χ0) is 9.90. The molecule has 1 aliphatic carbocycles. The summed E-state index contributed by atoms with van der Waals surface area (Å²) in [5, 5.41) is 0. The molecule has 13 heavy (non-hydrogen) atoms. The summed E-state index contributed by atoms with van der Waals surface area (Å²) in [7, 11) is 2.14. The molecule has 1 nitrogen and oxygen atoms in total. The maximum Gasteiger partial charge on any atom is 0.0763 e. The van der Waals surface area contributed by atoms with Gasteiger partial charge in [0.2, 0.25) is 0 Å². The Bertz CT molecular complexity index is 194. The third kappa shape index (κ3) is 2.74. The summed E-state index contributed by atoms with van der Waals surface area (Å²) in [6.45, 7) is 5.39. The Labute approximate surface area is 82.5 Å². The van der Waals surface area contributed by atoms with Crippen molar-refractivity contribution in [3.63, 3.8) is 0 Å². The molecule has 0 aromatic carbocycles. The van der Waals surface area contributed by atoms with E-state index in [9.17, 15) is 0 Å². The Morgan fingerprint density at radius 1 is 1.38 bits per heavy atom. The molecule has 0 radical (unpaired) electrons. The molecule has 1 fully saturated rings. The molecule has 0 aromatic rings. The SMILES string of the molecule is C#CC(C)(C)N(C)CC1CCCC1. The average Bonchev–Trinajstić information content (AvgIpc) is 2.57. The van der Waals surface area contributed by atoms with E-state index in [1.165, 1.54) is 25.7 Å².